The van der Waals surface area contributed by atoms with Crippen molar-refractivity contribution in [2.75, 3.05) is 5.01 Å². The number of hydrogen-bond donors (Lipinski definition) is 0. The molecular weight excluding hydrogens is 528 g/mol. The second kappa shape index (κ2) is 9.95. The molecule has 3 heterocycles. The normalized spacial score (nSPS) is 19.7. The van der Waals surface area contributed by atoms with Crippen LogP contribution in [-0.4, -0.2) is 10.7 Å². The van der Waals surface area contributed by atoms with Crippen LogP contribution < -0.4 is 10.6 Å². The number of para-hydroxylation sites is 1. The van der Waals surface area contributed by atoms with E-state index in [1.54, 1.807) is 36.4 Å². The molecule has 1 saturated carbocycles. The minimum Gasteiger partial charge on any atom is -0.422 e. The Hall–Kier alpha value is -4.43. The highest BCUT2D eigenvalue weighted by Crippen LogP contribution is 2.47. The molecule has 0 saturated heterocycles. The largest absolute Gasteiger partial charge is 0.422 e. The number of thiazole rings is 1. The molecule has 8 heteroatoms. The van der Waals surface area contributed by atoms with Gasteiger partial charge in [0.2, 0.25) is 5.13 Å². The summed E-state index contributed by atoms with van der Waals surface area (Å²) in [6, 6.07) is 22.0. The van der Waals surface area contributed by atoms with E-state index in [-0.39, 0.29) is 23.6 Å². The number of fused-ring (bicyclic) bond motifs is 2. The molecule has 1 fully saturated rings. The van der Waals surface area contributed by atoms with E-state index in [1.807, 2.05) is 28.6 Å². The number of hydrazone groups is 1. The molecule has 0 radical (unpaired) electrons. The summed E-state index contributed by atoms with van der Waals surface area (Å²) in [5, 5.41) is 10.3. The van der Waals surface area contributed by atoms with Gasteiger partial charge in [-0.15, -0.1) is 11.3 Å². The van der Waals surface area contributed by atoms with Crippen molar-refractivity contribution in [1.29, 1.82) is 0 Å². The quantitative estimate of drug-likeness (QED) is 0.212. The summed E-state index contributed by atoms with van der Waals surface area (Å²) in [6.45, 7) is 0. The van der Waals surface area contributed by atoms with Crippen LogP contribution in [0, 0.1) is 17.6 Å². The maximum absolute atomic E-state index is 13.9. The molecule has 0 bridgehead atoms. The smallest absolute Gasteiger partial charge is 0.345 e. The van der Waals surface area contributed by atoms with Gasteiger partial charge >= 0.3 is 5.63 Å². The lowest BCUT2D eigenvalue weighted by Crippen LogP contribution is -2.28. The minimum atomic E-state index is -0.448. The Labute approximate surface area is 232 Å². The van der Waals surface area contributed by atoms with Crippen LogP contribution in [-0.2, 0) is 0 Å². The Kier molecular flexibility index (Phi) is 6.12. The predicted octanol–water partition coefficient (Wildman–Crippen LogP) is 8.00. The van der Waals surface area contributed by atoms with Crippen LogP contribution >= 0.6 is 11.3 Å². The van der Waals surface area contributed by atoms with E-state index in [9.17, 15) is 13.6 Å². The fraction of sp³-hybridized carbons (Fsp3) is 0.156. The van der Waals surface area contributed by atoms with Gasteiger partial charge in [-0.05, 0) is 78.4 Å². The predicted molar refractivity (Wildman–Crippen MR) is 154 cm³/mol. The molecule has 1 aliphatic carbocycles. The summed E-state index contributed by atoms with van der Waals surface area (Å²) in [4.78, 5) is 17.7. The summed E-state index contributed by atoms with van der Waals surface area (Å²) in [5.41, 5.74) is 4.91. The lowest BCUT2D eigenvalue weighted by molar-refractivity contribution is 0.486. The first-order chi connectivity index (χ1) is 19.5. The molecule has 5 aromatic rings. The molecule has 0 amide bonds. The number of hydrogen-bond acceptors (Lipinski definition) is 6. The van der Waals surface area contributed by atoms with E-state index in [2.05, 4.69) is 6.08 Å². The molecular formula is C32H23F2N3O2S. The second-order valence-corrected chi connectivity index (χ2v) is 10.9. The highest BCUT2D eigenvalue weighted by molar-refractivity contribution is 7.14. The standard InChI is InChI=1S/C32H23F2N3O2S/c33-23-12-8-19(9-13-23)16-22-5-3-6-25-29(22)36-37(30(25)20-10-14-24(34)15-11-20)32-35-27(18-40-32)26-17-21-4-1-2-7-28(21)39-31(26)38/h1-2,4,7-18,25,30H,3,5-6H2/b22-16-. The lowest BCUT2D eigenvalue weighted by Gasteiger charge is -2.29. The fourth-order valence-electron chi connectivity index (χ4n) is 5.65. The number of benzene rings is 3. The summed E-state index contributed by atoms with van der Waals surface area (Å²) in [5.74, 6) is -0.497. The minimum absolute atomic E-state index is 0.0731. The molecule has 2 aliphatic rings. The first-order valence-electron chi connectivity index (χ1n) is 13.1. The molecule has 7 rings (SSSR count). The molecule has 2 unspecified atom stereocenters. The SMILES string of the molecule is O=c1oc2ccccc2cc1-c1csc(N2N=C3/C(=C\c4ccc(F)cc4)CCCC3C2c2ccc(F)cc2)n1. The third kappa shape index (κ3) is 4.44. The number of nitrogens with zero attached hydrogens (tertiary/aromatic N) is 3. The molecule has 2 atom stereocenters. The summed E-state index contributed by atoms with van der Waals surface area (Å²) in [7, 11) is 0. The zero-order valence-corrected chi connectivity index (χ0v) is 22.1. The average molecular weight is 552 g/mol. The van der Waals surface area contributed by atoms with Crippen LogP contribution in [0.2, 0.25) is 0 Å². The molecule has 1 aliphatic heterocycles. The van der Waals surface area contributed by atoms with Gasteiger partial charge in [-0.3, -0.25) is 0 Å². The molecule has 0 spiro atoms. The van der Waals surface area contributed by atoms with Crippen molar-refractivity contribution in [3.8, 4) is 11.3 Å². The highest BCUT2D eigenvalue weighted by Gasteiger charge is 2.43. The summed E-state index contributed by atoms with van der Waals surface area (Å²) in [6.07, 6.45) is 4.83. The second-order valence-electron chi connectivity index (χ2n) is 10.0. The first-order valence-corrected chi connectivity index (χ1v) is 14.0. The van der Waals surface area contributed by atoms with Gasteiger partial charge in [0, 0.05) is 16.7 Å². The van der Waals surface area contributed by atoms with Crippen molar-refractivity contribution in [3.05, 3.63) is 123 Å². The van der Waals surface area contributed by atoms with Crippen molar-refractivity contribution < 1.29 is 13.2 Å². The molecule has 40 heavy (non-hydrogen) atoms. The van der Waals surface area contributed by atoms with E-state index in [1.165, 1.54) is 35.6 Å². The van der Waals surface area contributed by atoms with Gasteiger partial charge in [0.1, 0.15) is 17.2 Å². The number of allylic oxidation sites excluding steroid dienone is 1. The van der Waals surface area contributed by atoms with E-state index in [0.29, 0.717) is 22.0 Å². The van der Waals surface area contributed by atoms with Crippen LogP contribution in [0.5, 0.6) is 0 Å². The van der Waals surface area contributed by atoms with E-state index >= 15 is 0 Å². The number of rotatable bonds is 4. The molecule has 0 N–H and O–H groups in total. The zero-order chi connectivity index (χ0) is 27.2. The molecule has 2 aromatic heterocycles. The highest BCUT2D eigenvalue weighted by atomic mass is 32.1. The Balaban J connectivity index is 1.31. The first kappa shape index (κ1) is 24.6. The van der Waals surface area contributed by atoms with Crippen molar-refractivity contribution in [1.82, 2.24) is 4.98 Å². The Morgan fingerprint density at radius 2 is 1.73 bits per heavy atom. The van der Waals surface area contributed by atoms with Crippen molar-refractivity contribution in [3.63, 3.8) is 0 Å². The van der Waals surface area contributed by atoms with E-state index in [0.717, 1.165) is 47.1 Å². The third-order valence-corrected chi connectivity index (χ3v) is 8.36. The van der Waals surface area contributed by atoms with Crippen LogP contribution in [0.15, 0.2) is 104 Å². The number of aromatic nitrogens is 1. The van der Waals surface area contributed by atoms with Gasteiger partial charge in [-0.1, -0.05) is 42.5 Å². The lowest BCUT2D eigenvalue weighted by atomic mass is 9.77. The van der Waals surface area contributed by atoms with Crippen molar-refractivity contribution >= 4 is 39.2 Å². The van der Waals surface area contributed by atoms with Gasteiger partial charge < -0.3 is 4.42 Å². The monoisotopic (exact) mass is 551 g/mol. The Morgan fingerprint density at radius 1 is 0.975 bits per heavy atom. The fourth-order valence-corrected chi connectivity index (χ4v) is 6.46. The molecule has 5 nitrogen and oxygen atoms in total. The van der Waals surface area contributed by atoms with Crippen LogP contribution in [0.3, 0.4) is 0 Å². The maximum atomic E-state index is 13.9. The van der Waals surface area contributed by atoms with Crippen LogP contribution in [0.4, 0.5) is 13.9 Å². The topological polar surface area (TPSA) is 58.7 Å². The van der Waals surface area contributed by atoms with Crippen molar-refractivity contribution in [2.45, 2.75) is 25.3 Å². The van der Waals surface area contributed by atoms with Gasteiger partial charge in [0.05, 0.1) is 23.0 Å². The van der Waals surface area contributed by atoms with Crippen LogP contribution in [0.1, 0.15) is 36.4 Å². The number of halogens is 2. The molecule has 3 aromatic carbocycles. The van der Waals surface area contributed by atoms with Gasteiger partial charge in [0.15, 0.2) is 0 Å². The zero-order valence-electron chi connectivity index (χ0n) is 21.3. The Morgan fingerprint density at radius 3 is 2.52 bits per heavy atom. The van der Waals surface area contributed by atoms with Gasteiger partial charge in [-0.2, -0.15) is 5.10 Å². The Bertz CT molecular complexity index is 1840. The number of anilines is 1. The van der Waals surface area contributed by atoms with E-state index in [4.69, 9.17) is 14.5 Å². The molecule has 198 valence electrons. The van der Waals surface area contributed by atoms with Crippen molar-refractivity contribution in [2.24, 2.45) is 11.0 Å². The summed E-state index contributed by atoms with van der Waals surface area (Å²) >= 11 is 1.40. The van der Waals surface area contributed by atoms with E-state index < -0.39 is 5.63 Å². The average Bonchev–Trinajstić information content (AvgIpc) is 3.60. The van der Waals surface area contributed by atoms with Gasteiger partial charge in [0.25, 0.3) is 0 Å². The van der Waals surface area contributed by atoms with Crippen LogP contribution in [0.25, 0.3) is 28.3 Å². The van der Waals surface area contributed by atoms with Gasteiger partial charge in [-0.25, -0.2) is 23.6 Å². The maximum Gasteiger partial charge on any atom is 0.345 e. The summed E-state index contributed by atoms with van der Waals surface area (Å²) < 4.78 is 32.9. The third-order valence-electron chi connectivity index (χ3n) is 7.53.